The van der Waals surface area contributed by atoms with Crippen LogP contribution in [0.4, 0.5) is 0 Å². The van der Waals surface area contributed by atoms with Crippen LogP contribution in [0.1, 0.15) is 284 Å². The van der Waals surface area contributed by atoms with Crippen LogP contribution in [-0.2, 0) is 28.6 Å². The van der Waals surface area contributed by atoms with Crippen molar-refractivity contribution < 1.29 is 28.6 Å². The van der Waals surface area contributed by atoms with Crippen molar-refractivity contribution in [3.8, 4) is 0 Å². The molecule has 0 aromatic heterocycles. The summed E-state index contributed by atoms with van der Waals surface area (Å²) < 4.78 is 16.7. The standard InChI is InChI=1S/C50H96O6/c1-4-7-10-13-15-17-19-21-23-25-27-29-31-33-35-38-41-44-50(53)56-47(45-54-48(51)42-39-36-12-9-6-3)46-55-49(52)43-40-37-34-32-30-28-26-24-22-20-18-16-14-11-8-5-2/h47H,4-46H2,1-3H3/t47-/m1/s1. The van der Waals surface area contributed by atoms with Gasteiger partial charge in [-0.05, 0) is 19.3 Å². The molecule has 6 heteroatoms. The molecule has 0 bridgehead atoms. The molecular formula is C50H96O6. The fourth-order valence-electron chi connectivity index (χ4n) is 7.56. The van der Waals surface area contributed by atoms with Gasteiger partial charge in [0.15, 0.2) is 6.10 Å². The highest BCUT2D eigenvalue weighted by Crippen LogP contribution is 2.17. The number of carbonyl (C=O) groups is 3. The maximum absolute atomic E-state index is 12.7. The molecule has 0 radical (unpaired) electrons. The Bertz CT molecular complexity index is 828. The lowest BCUT2D eigenvalue weighted by Crippen LogP contribution is -2.30. The molecule has 332 valence electrons. The van der Waals surface area contributed by atoms with Gasteiger partial charge in [-0.15, -0.1) is 0 Å². The summed E-state index contributed by atoms with van der Waals surface area (Å²) in [6.45, 7) is 6.60. The summed E-state index contributed by atoms with van der Waals surface area (Å²) in [5, 5.41) is 0. The maximum Gasteiger partial charge on any atom is 0.306 e. The third-order valence-corrected chi connectivity index (χ3v) is 11.4. The van der Waals surface area contributed by atoms with E-state index in [2.05, 4.69) is 20.8 Å². The molecule has 56 heavy (non-hydrogen) atoms. The van der Waals surface area contributed by atoms with E-state index in [-0.39, 0.29) is 31.1 Å². The number of carbonyl (C=O) groups excluding carboxylic acids is 3. The quantitative estimate of drug-likeness (QED) is 0.0347. The fraction of sp³-hybridized carbons (Fsp3) is 0.940. The van der Waals surface area contributed by atoms with E-state index < -0.39 is 6.10 Å². The van der Waals surface area contributed by atoms with E-state index in [4.69, 9.17) is 14.2 Å². The minimum atomic E-state index is -0.757. The van der Waals surface area contributed by atoms with Crippen LogP contribution in [0.25, 0.3) is 0 Å². The van der Waals surface area contributed by atoms with Crippen LogP contribution < -0.4 is 0 Å². The predicted octanol–water partition coefficient (Wildman–Crippen LogP) is 16.0. The molecule has 6 nitrogen and oxygen atoms in total. The van der Waals surface area contributed by atoms with E-state index in [1.165, 1.54) is 180 Å². The molecular weight excluding hydrogens is 697 g/mol. The lowest BCUT2D eigenvalue weighted by atomic mass is 10.0. The van der Waals surface area contributed by atoms with Gasteiger partial charge in [-0.25, -0.2) is 0 Å². The monoisotopic (exact) mass is 793 g/mol. The first-order valence-electron chi connectivity index (χ1n) is 25.0. The van der Waals surface area contributed by atoms with Crippen LogP contribution in [0.2, 0.25) is 0 Å². The van der Waals surface area contributed by atoms with Crippen molar-refractivity contribution in [1.82, 2.24) is 0 Å². The van der Waals surface area contributed by atoms with Crippen molar-refractivity contribution in [2.75, 3.05) is 13.2 Å². The van der Waals surface area contributed by atoms with Crippen LogP contribution in [0.5, 0.6) is 0 Å². The van der Waals surface area contributed by atoms with E-state index in [9.17, 15) is 14.4 Å². The Hall–Kier alpha value is -1.59. The molecule has 0 fully saturated rings. The number of unbranched alkanes of at least 4 members (excludes halogenated alkanes) is 35. The largest absolute Gasteiger partial charge is 0.462 e. The molecule has 0 unspecified atom stereocenters. The Balaban J connectivity index is 4.12. The molecule has 0 aromatic carbocycles. The van der Waals surface area contributed by atoms with Gasteiger partial charge in [0.05, 0.1) is 0 Å². The minimum Gasteiger partial charge on any atom is -0.462 e. The Morgan fingerprint density at radius 2 is 0.482 bits per heavy atom. The smallest absolute Gasteiger partial charge is 0.306 e. The second kappa shape index (κ2) is 46.1. The van der Waals surface area contributed by atoms with Gasteiger partial charge in [0.1, 0.15) is 13.2 Å². The molecule has 0 heterocycles. The second-order valence-corrected chi connectivity index (χ2v) is 17.1. The number of esters is 3. The van der Waals surface area contributed by atoms with E-state index >= 15 is 0 Å². The maximum atomic E-state index is 12.7. The Morgan fingerprint density at radius 1 is 0.286 bits per heavy atom. The Labute approximate surface area is 348 Å². The van der Waals surface area contributed by atoms with Gasteiger partial charge in [0.2, 0.25) is 0 Å². The molecule has 0 saturated heterocycles. The number of hydrogen-bond donors (Lipinski definition) is 0. The molecule has 0 N–H and O–H groups in total. The molecule has 0 spiro atoms. The molecule has 0 saturated carbocycles. The van der Waals surface area contributed by atoms with Crippen LogP contribution in [0.3, 0.4) is 0 Å². The van der Waals surface area contributed by atoms with Gasteiger partial charge in [0, 0.05) is 19.3 Å². The fourth-order valence-corrected chi connectivity index (χ4v) is 7.56. The van der Waals surface area contributed by atoms with Gasteiger partial charge in [-0.2, -0.15) is 0 Å². The van der Waals surface area contributed by atoms with Crippen molar-refractivity contribution in [1.29, 1.82) is 0 Å². The zero-order valence-corrected chi connectivity index (χ0v) is 37.9. The molecule has 0 aromatic rings. The van der Waals surface area contributed by atoms with Gasteiger partial charge in [-0.3, -0.25) is 14.4 Å². The first-order valence-corrected chi connectivity index (χ1v) is 25.0. The van der Waals surface area contributed by atoms with Gasteiger partial charge in [-0.1, -0.05) is 245 Å². The van der Waals surface area contributed by atoms with Crippen LogP contribution in [0.15, 0.2) is 0 Å². The summed E-state index contributed by atoms with van der Waals surface area (Å²) in [4.78, 5) is 37.6. The topological polar surface area (TPSA) is 78.9 Å². The van der Waals surface area contributed by atoms with Crippen LogP contribution >= 0.6 is 0 Å². The Kier molecular flexibility index (Phi) is 44.8. The summed E-state index contributed by atoms with van der Waals surface area (Å²) in [6, 6.07) is 0. The predicted molar refractivity (Wildman–Crippen MR) is 238 cm³/mol. The highest BCUT2D eigenvalue weighted by molar-refractivity contribution is 5.71. The SMILES string of the molecule is CCCCCCCCCCCCCCCCCCCC(=O)O[C@H](COC(=O)CCCCCCC)COC(=O)CCCCCCCCCCCCCCCCCC. The third-order valence-electron chi connectivity index (χ3n) is 11.4. The molecule has 0 amide bonds. The molecule has 0 aliphatic heterocycles. The summed E-state index contributed by atoms with van der Waals surface area (Å²) >= 11 is 0. The highest BCUT2D eigenvalue weighted by atomic mass is 16.6. The van der Waals surface area contributed by atoms with Crippen LogP contribution in [-0.4, -0.2) is 37.2 Å². The van der Waals surface area contributed by atoms with Crippen LogP contribution in [0, 0.1) is 0 Å². The first-order chi connectivity index (χ1) is 27.5. The van der Waals surface area contributed by atoms with E-state index in [1.807, 2.05) is 0 Å². The van der Waals surface area contributed by atoms with E-state index in [0.717, 1.165) is 64.2 Å². The van der Waals surface area contributed by atoms with E-state index in [0.29, 0.717) is 19.3 Å². The number of ether oxygens (including phenoxy) is 3. The minimum absolute atomic E-state index is 0.0632. The summed E-state index contributed by atoms with van der Waals surface area (Å²) in [7, 11) is 0. The average molecular weight is 793 g/mol. The number of hydrogen-bond acceptors (Lipinski definition) is 6. The van der Waals surface area contributed by atoms with Gasteiger partial charge in [0.25, 0.3) is 0 Å². The third kappa shape index (κ3) is 43.5. The molecule has 1 atom stereocenters. The average Bonchev–Trinajstić information content (AvgIpc) is 3.19. The van der Waals surface area contributed by atoms with Gasteiger partial charge >= 0.3 is 17.9 Å². The summed E-state index contributed by atoms with van der Waals surface area (Å²) in [5.74, 6) is -0.859. The molecule has 0 aliphatic carbocycles. The Morgan fingerprint density at radius 3 is 0.714 bits per heavy atom. The second-order valence-electron chi connectivity index (χ2n) is 17.1. The zero-order chi connectivity index (χ0) is 40.8. The van der Waals surface area contributed by atoms with Crippen molar-refractivity contribution in [2.45, 2.75) is 290 Å². The van der Waals surface area contributed by atoms with Crippen molar-refractivity contribution >= 4 is 17.9 Å². The first kappa shape index (κ1) is 54.4. The lowest BCUT2D eigenvalue weighted by molar-refractivity contribution is -0.167. The molecule has 0 rings (SSSR count). The summed E-state index contributed by atoms with van der Waals surface area (Å²) in [6.07, 6.45) is 48.3. The normalized spacial score (nSPS) is 11.8. The van der Waals surface area contributed by atoms with Gasteiger partial charge < -0.3 is 14.2 Å². The van der Waals surface area contributed by atoms with E-state index in [1.54, 1.807) is 0 Å². The van der Waals surface area contributed by atoms with Crippen molar-refractivity contribution in [2.24, 2.45) is 0 Å². The number of rotatable bonds is 46. The lowest BCUT2D eigenvalue weighted by Gasteiger charge is -2.18. The molecule has 0 aliphatic rings. The zero-order valence-electron chi connectivity index (χ0n) is 37.9. The highest BCUT2D eigenvalue weighted by Gasteiger charge is 2.19. The van der Waals surface area contributed by atoms with Crippen molar-refractivity contribution in [3.05, 3.63) is 0 Å². The summed E-state index contributed by atoms with van der Waals surface area (Å²) in [5.41, 5.74) is 0. The van der Waals surface area contributed by atoms with Crippen molar-refractivity contribution in [3.63, 3.8) is 0 Å².